The van der Waals surface area contributed by atoms with Gasteiger partial charge in [0.15, 0.2) is 11.2 Å². The molecular formula is C23H37N7O5. The summed E-state index contributed by atoms with van der Waals surface area (Å²) >= 11 is 0. The first kappa shape index (κ1) is 26.6. The Balaban J connectivity index is 1.65. The van der Waals surface area contributed by atoms with Crippen LogP contribution in [0, 0.1) is 11.8 Å². The summed E-state index contributed by atoms with van der Waals surface area (Å²) in [5.41, 5.74) is 5.92. The maximum atomic E-state index is 12.3. The number of esters is 2. The number of carbonyl (C=O) groups is 2. The maximum Gasteiger partial charge on any atom is 0.305 e. The minimum atomic E-state index is -0.405. The van der Waals surface area contributed by atoms with E-state index in [2.05, 4.69) is 15.0 Å². The monoisotopic (exact) mass is 491 g/mol. The number of nitrogen functional groups attached to an aromatic ring is 1. The molecule has 0 radical (unpaired) electrons. The van der Waals surface area contributed by atoms with Crippen LogP contribution in [0.1, 0.15) is 38.1 Å². The molecule has 194 valence electrons. The van der Waals surface area contributed by atoms with E-state index >= 15 is 0 Å². The van der Waals surface area contributed by atoms with Gasteiger partial charge in [0.25, 0.3) is 5.56 Å². The van der Waals surface area contributed by atoms with E-state index in [1.165, 1.54) is 0 Å². The van der Waals surface area contributed by atoms with E-state index in [0.29, 0.717) is 31.3 Å². The van der Waals surface area contributed by atoms with Gasteiger partial charge in [0.1, 0.15) is 0 Å². The molecule has 1 fully saturated rings. The number of hydrogen-bond acceptors (Lipinski definition) is 10. The maximum absolute atomic E-state index is 12.3. The molecule has 0 aromatic carbocycles. The molecule has 3 atom stereocenters. The quantitative estimate of drug-likeness (QED) is 0.382. The van der Waals surface area contributed by atoms with Crippen LogP contribution >= 0.6 is 0 Å². The van der Waals surface area contributed by atoms with Gasteiger partial charge < -0.3 is 29.6 Å². The first-order valence-electron chi connectivity index (χ1n) is 12.0. The first-order chi connectivity index (χ1) is 16.7. The Bertz CT molecular complexity index is 1060. The van der Waals surface area contributed by atoms with Gasteiger partial charge in [-0.15, -0.1) is 0 Å². The number of nitrogens with zero attached hydrogens (tertiary/aromatic N) is 5. The zero-order valence-electron chi connectivity index (χ0n) is 21.0. The number of nitrogens with one attached hydrogen (secondary N) is 1. The van der Waals surface area contributed by atoms with Crippen LogP contribution in [0.3, 0.4) is 0 Å². The molecule has 2 heterocycles. The van der Waals surface area contributed by atoms with Gasteiger partial charge in [-0.1, -0.05) is 0 Å². The average Bonchev–Trinajstić information content (AvgIpc) is 3.16. The van der Waals surface area contributed by atoms with Gasteiger partial charge in [0.2, 0.25) is 5.95 Å². The number of aromatic amines is 1. The van der Waals surface area contributed by atoms with Gasteiger partial charge in [-0.2, -0.15) is 4.98 Å². The van der Waals surface area contributed by atoms with E-state index in [9.17, 15) is 14.4 Å². The number of hydrogen-bond donors (Lipinski definition) is 2. The lowest BCUT2D eigenvalue weighted by molar-refractivity contribution is -0.155. The van der Waals surface area contributed by atoms with Crippen molar-refractivity contribution in [3.8, 4) is 0 Å². The van der Waals surface area contributed by atoms with E-state index in [4.69, 9.17) is 15.2 Å². The molecule has 2 aromatic rings. The third-order valence-corrected chi connectivity index (χ3v) is 6.32. The molecule has 1 aliphatic carbocycles. The second-order valence-corrected chi connectivity index (χ2v) is 9.68. The van der Waals surface area contributed by atoms with Crippen LogP contribution in [0.15, 0.2) is 11.1 Å². The fraction of sp³-hybridized carbons (Fsp3) is 0.696. The highest BCUT2D eigenvalue weighted by molar-refractivity contribution is 5.71. The van der Waals surface area contributed by atoms with E-state index in [0.717, 1.165) is 19.5 Å². The Morgan fingerprint density at radius 2 is 1.69 bits per heavy atom. The Hall–Kier alpha value is -2.99. The van der Waals surface area contributed by atoms with Crippen LogP contribution in [0.2, 0.25) is 0 Å². The van der Waals surface area contributed by atoms with Gasteiger partial charge in [-0.3, -0.25) is 19.4 Å². The molecule has 3 N–H and O–H groups in total. The van der Waals surface area contributed by atoms with Crippen molar-refractivity contribution in [1.29, 1.82) is 0 Å². The molecule has 3 rings (SSSR count). The highest BCUT2D eigenvalue weighted by Gasteiger charge is 2.44. The molecule has 0 saturated heterocycles. The van der Waals surface area contributed by atoms with Crippen LogP contribution < -0.4 is 11.3 Å². The Kier molecular flexibility index (Phi) is 9.21. The van der Waals surface area contributed by atoms with E-state index in [1.54, 1.807) is 10.9 Å². The lowest BCUT2D eigenvalue weighted by Crippen LogP contribution is -2.44. The van der Waals surface area contributed by atoms with Crippen molar-refractivity contribution in [2.24, 2.45) is 11.8 Å². The Morgan fingerprint density at radius 1 is 1.09 bits per heavy atom. The van der Waals surface area contributed by atoms with E-state index < -0.39 is 5.56 Å². The summed E-state index contributed by atoms with van der Waals surface area (Å²) in [6.07, 6.45) is 4.38. The standard InChI is InChI=1S/C23H37N7O5/c1-28(2)9-5-7-18(31)34-12-15-11-17(16(15)13-35-19(32)8-6-10-29(3)4)30-14-25-20-21(30)26-23(24)27-22(20)33/h14-17H,5-13H2,1-4H3,(H3,24,26,27,33)/t15-,16-,17-/m1/s1. The number of anilines is 1. The summed E-state index contributed by atoms with van der Waals surface area (Å²) in [6, 6.07) is -0.110. The topological polar surface area (TPSA) is 149 Å². The third kappa shape index (κ3) is 7.25. The second kappa shape index (κ2) is 12.1. The summed E-state index contributed by atoms with van der Waals surface area (Å²) in [6.45, 7) is 2.06. The number of H-pyrrole nitrogens is 1. The van der Waals surface area contributed by atoms with Crippen LogP contribution in [-0.2, 0) is 19.1 Å². The number of rotatable bonds is 13. The summed E-state index contributed by atoms with van der Waals surface area (Å²) in [5.74, 6) is -0.572. The second-order valence-electron chi connectivity index (χ2n) is 9.68. The van der Waals surface area contributed by atoms with Crippen molar-refractivity contribution >= 4 is 29.1 Å². The molecule has 12 nitrogen and oxygen atoms in total. The van der Waals surface area contributed by atoms with Crippen molar-refractivity contribution < 1.29 is 19.1 Å². The molecule has 0 bridgehead atoms. The number of imidazole rings is 1. The highest BCUT2D eigenvalue weighted by Crippen LogP contribution is 2.45. The average molecular weight is 492 g/mol. The van der Waals surface area contributed by atoms with Gasteiger partial charge in [-0.05, 0) is 60.5 Å². The predicted molar refractivity (Wildman–Crippen MR) is 131 cm³/mol. The van der Waals surface area contributed by atoms with Gasteiger partial charge >= 0.3 is 11.9 Å². The summed E-state index contributed by atoms with van der Waals surface area (Å²) in [5, 5.41) is 0. The number of carbonyl (C=O) groups excluding carboxylic acids is 2. The fourth-order valence-electron chi connectivity index (χ4n) is 4.34. The Labute approximate surface area is 204 Å². The van der Waals surface area contributed by atoms with Crippen molar-refractivity contribution in [1.82, 2.24) is 29.3 Å². The summed E-state index contributed by atoms with van der Waals surface area (Å²) < 4.78 is 12.9. The predicted octanol–water partition coefficient (Wildman–Crippen LogP) is 0.649. The molecule has 12 heteroatoms. The van der Waals surface area contributed by atoms with Crippen LogP contribution in [0.4, 0.5) is 5.95 Å². The van der Waals surface area contributed by atoms with Crippen LogP contribution in [-0.4, -0.2) is 95.8 Å². The fourth-order valence-corrected chi connectivity index (χ4v) is 4.34. The molecular weight excluding hydrogens is 454 g/mol. The molecule has 2 aromatic heterocycles. The smallest absolute Gasteiger partial charge is 0.305 e. The van der Waals surface area contributed by atoms with E-state index in [1.807, 2.05) is 38.0 Å². The first-order valence-corrected chi connectivity index (χ1v) is 12.0. The van der Waals surface area contributed by atoms with Gasteiger partial charge in [0.05, 0.1) is 19.5 Å². The molecule has 1 aliphatic rings. The molecule has 0 amide bonds. The highest BCUT2D eigenvalue weighted by atomic mass is 16.5. The molecule has 0 spiro atoms. The third-order valence-electron chi connectivity index (χ3n) is 6.32. The number of fused-ring (bicyclic) bond motifs is 1. The Morgan fingerprint density at radius 3 is 2.29 bits per heavy atom. The van der Waals surface area contributed by atoms with Crippen LogP contribution in [0.25, 0.3) is 11.2 Å². The molecule has 1 saturated carbocycles. The molecule has 0 unspecified atom stereocenters. The summed E-state index contributed by atoms with van der Waals surface area (Å²) in [7, 11) is 7.83. The molecule has 35 heavy (non-hydrogen) atoms. The molecule has 0 aliphatic heterocycles. The normalized spacial score (nSPS) is 19.8. The van der Waals surface area contributed by atoms with E-state index in [-0.39, 0.29) is 54.5 Å². The zero-order valence-corrected chi connectivity index (χ0v) is 21.0. The van der Waals surface area contributed by atoms with Crippen molar-refractivity contribution in [2.75, 3.05) is 60.2 Å². The minimum Gasteiger partial charge on any atom is -0.465 e. The lowest BCUT2D eigenvalue weighted by atomic mass is 9.69. The van der Waals surface area contributed by atoms with Crippen LogP contribution in [0.5, 0.6) is 0 Å². The zero-order chi connectivity index (χ0) is 25.5. The van der Waals surface area contributed by atoms with Gasteiger partial charge in [-0.25, -0.2) is 4.98 Å². The van der Waals surface area contributed by atoms with Crippen molar-refractivity contribution in [3.63, 3.8) is 0 Å². The lowest BCUT2D eigenvalue weighted by Gasteiger charge is -2.44. The van der Waals surface area contributed by atoms with Crippen molar-refractivity contribution in [2.45, 2.75) is 38.1 Å². The largest absolute Gasteiger partial charge is 0.465 e. The number of aromatic nitrogens is 4. The van der Waals surface area contributed by atoms with Gasteiger partial charge in [0, 0.05) is 30.7 Å². The SMILES string of the molecule is CN(C)CCCC(=O)OC[C@H]1C[C@@H](n2cnc3c(=O)[nH]c(N)nc32)[C@@H]1COC(=O)CCCN(C)C. The minimum absolute atomic E-state index is 0.00986. The number of ether oxygens (including phenoxy) is 2. The summed E-state index contributed by atoms with van der Waals surface area (Å²) in [4.78, 5) is 51.6. The number of nitrogens with two attached hydrogens (primary N) is 1. The van der Waals surface area contributed by atoms with Crippen molar-refractivity contribution in [3.05, 3.63) is 16.7 Å².